The van der Waals surface area contributed by atoms with Gasteiger partial charge < -0.3 is 29.9 Å². The molecule has 3 aromatic rings. The maximum atomic E-state index is 14.1. The Labute approximate surface area is 240 Å². The third-order valence-electron chi connectivity index (χ3n) is 7.83. The Hall–Kier alpha value is -4.97. The summed E-state index contributed by atoms with van der Waals surface area (Å²) in [6.07, 6.45) is 1.61. The van der Waals surface area contributed by atoms with E-state index >= 15 is 0 Å². The van der Waals surface area contributed by atoms with Crippen LogP contribution in [-0.2, 0) is 21.4 Å². The lowest BCUT2D eigenvalue weighted by molar-refractivity contribution is 0.0790. The van der Waals surface area contributed by atoms with Gasteiger partial charge in [-0.1, -0.05) is 16.8 Å². The van der Waals surface area contributed by atoms with Crippen LogP contribution in [0.5, 0.6) is 17.2 Å². The van der Waals surface area contributed by atoms with Crippen molar-refractivity contribution in [2.75, 3.05) is 7.11 Å². The van der Waals surface area contributed by atoms with Crippen molar-refractivity contribution in [1.29, 1.82) is 0 Å². The first-order valence-corrected chi connectivity index (χ1v) is 13.1. The SMILES string of the molecule is COC1=CC(=O)c2c(O)c3c(c(O)c2C1=O)C(=O)[C@]1(CCc2c1c(O)c1c(=O)[nH]c(/C=N/OC(C)C)cc1c2Cl)C3=O. The number of Topliss-reactive ketones (excluding diaryl/α,β-unsaturated/α-hetero) is 3. The lowest BCUT2D eigenvalue weighted by Gasteiger charge is -2.23. The topological polar surface area (TPSA) is 193 Å². The van der Waals surface area contributed by atoms with E-state index in [0.29, 0.717) is 0 Å². The Morgan fingerprint density at radius 2 is 1.64 bits per heavy atom. The number of aromatic nitrogens is 1. The smallest absolute Gasteiger partial charge is 0.260 e. The van der Waals surface area contributed by atoms with Gasteiger partial charge in [0.15, 0.2) is 23.1 Å². The molecule has 1 aromatic heterocycles. The molecule has 0 fully saturated rings. The highest BCUT2D eigenvalue weighted by atomic mass is 35.5. The van der Waals surface area contributed by atoms with E-state index in [9.17, 15) is 39.3 Å². The van der Waals surface area contributed by atoms with Crippen LogP contribution in [0.1, 0.15) is 78.5 Å². The number of aromatic amines is 1. The molecule has 12 nitrogen and oxygen atoms in total. The lowest BCUT2D eigenvalue weighted by Crippen LogP contribution is -2.36. The molecule has 42 heavy (non-hydrogen) atoms. The number of fused-ring (bicyclic) bond motifs is 5. The Balaban J connectivity index is 1.59. The number of ether oxygens (including phenoxy) is 1. The summed E-state index contributed by atoms with van der Waals surface area (Å²) in [5.41, 5.74) is -5.49. The highest BCUT2D eigenvalue weighted by Crippen LogP contribution is 2.58. The molecule has 0 amide bonds. The fraction of sp³-hybridized carbons (Fsp3) is 0.241. The number of oxime groups is 1. The average molecular weight is 593 g/mol. The molecule has 6 rings (SSSR count). The van der Waals surface area contributed by atoms with Gasteiger partial charge in [0.2, 0.25) is 5.78 Å². The zero-order valence-electron chi connectivity index (χ0n) is 22.2. The second kappa shape index (κ2) is 9.02. The van der Waals surface area contributed by atoms with Crippen molar-refractivity contribution >= 4 is 51.7 Å². The van der Waals surface area contributed by atoms with Gasteiger partial charge in [0.1, 0.15) is 28.8 Å². The number of H-pyrrole nitrogens is 1. The van der Waals surface area contributed by atoms with Crippen molar-refractivity contribution in [3.63, 3.8) is 0 Å². The summed E-state index contributed by atoms with van der Waals surface area (Å²) in [6, 6.07) is 1.45. The number of nitrogens with one attached hydrogen (secondary N) is 1. The highest BCUT2D eigenvalue weighted by Gasteiger charge is 2.62. The molecule has 1 spiro atoms. The Kier molecular flexibility index (Phi) is 5.84. The minimum atomic E-state index is -2.19. The van der Waals surface area contributed by atoms with Crippen molar-refractivity contribution in [3.05, 3.63) is 72.4 Å². The minimum absolute atomic E-state index is 0.00351. The summed E-state index contributed by atoms with van der Waals surface area (Å²) in [5, 5.41) is 37.3. The predicted octanol–water partition coefficient (Wildman–Crippen LogP) is 3.23. The number of benzene rings is 2. The standard InChI is InChI=1S/C29H21ClN2O10/c1-9(2)42-31-8-10-6-12-15(28(40)32-10)25(37)20-11(21(12)30)4-5-29(20)26(38)18-19(27(29)39)24(36)17-16(23(18)35)13(33)7-14(41-3)22(17)34/h6-9,35-37H,4-5H2,1-3H3,(H,32,40)/b31-8+/t29-/m0/s1. The van der Waals surface area contributed by atoms with Crippen molar-refractivity contribution in [3.8, 4) is 17.2 Å². The highest BCUT2D eigenvalue weighted by molar-refractivity contribution is 6.41. The van der Waals surface area contributed by atoms with E-state index in [4.69, 9.17) is 21.2 Å². The third-order valence-corrected chi connectivity index (χ3v) is 8.26. The van der Waals surface area contributed by atoms with Crippen LogP contribution in [-0.4, -0.2) is 62.9 Å². The van der Waals surface area contributed by atoms with Gasteiger partial charge in [0.25, 0.3) is 5.56 Å². The summed E-state index contributed by atoms with van der Waals surface area (Å²) in [5.74, 6) is -6.99. The van der Waals surface area contributed by atoms with E-state index in [1.165, 1.54) is 12.3 Å². The van der Waals surface area contributed by atoms with Gasteiger partial charge in [-0.2, -0.15) is 0 Å². The zero-order valence-corrected chi connectivity index (χ0v) is 23.0. The first kappa shape index (κ1) is 27.2. The minimum Gasteiger partial charge on any atom is -0.507 e. The number of phenols is 3. The van der Waals surface area contributed by atoms with Gasteiger partial charge in [-0.25, -0.2) is 0 Å². The Morgan fingerprint density at radius 3 is 2.26 bits per heavy atom. The summed E-state index contributed by atoms with van der Waals surface area (Å²) in [7, 11) is 1.12. The predicted molar refractivity (Wildman–Crippen MR) is 147 cm³/mol. The van der Waals surface area contributed by atoms with Gasteiger partial charge in [-0.3, -0.25) is 24.0 Å². The maximum Gasteiger partial charge on any atom is 0.260 e. The van der Waals surface area contributed by atoms with E-state index in [-0.39, 0.29) is 51.6 Å². The van der Waals surface area contributed by atoms with Crippen molar-refractivity contribution in [2.45, 2.75) is 38.2 Å². The number of carbonyl (C=O) groups excluding carboxylic acids is 4. The van der Waals surface area contributed by atoms with E-state index in [1.807, 2.05) is 0 Å². The van der Waals surface area contributed by atoms with Crippen LogP contribution in [0.4, 0.5) is 0 Å². The van der Waals surface area contributed by atoms with E-state index in [2.05, 4.69) is 10.1 Å². The average Bonchev–Trinajstić information content (AvgIpc) is 3.44. The van der Waals surface area contributed by atoms with Crippen LogP contribution in [0.15, 0.2) is 27.9 Å². The number of allylic oxidation sites excluding steroid dienone is 2. The molecule has 13 heteroatoms. The normalized spacial score (nSPS) is 19.2. The number of nitrogens with zero attached hydrogens (tertiary/aromatic N) is 1. The molecular weight excluding hydrogens is 572 g/mol. The first-order valence-electron chi connectivity index (χ1n) is 12.7. The first-order chi connectivity index (χ1) is 19.9. The Bertz CT molecular complexity index is 1970. The fourth-order valence-electron chi connectivity index (χ4n) is 6.08. The number of halogens is 1. The summed E-state index contributed by atoms with van der Waals surface area (Å²) in [6.45, 7) is 3.52. The number of aromatic hydroxyl groups is 3. The molecule has 2 aromatic carbocycles. The van der Waals surface area contributed by atoms with Crippen LogP contribution >= 0.6 is 11.6 Å². The lowest BCUT2D eigenvalue weighted by atomic mass is 9.76. The van der Waals surface area contributed by atoms with Gasteiger partial charge >= 0.3 is 0 Å². The number of phenolic OH excluding ortho intramolecular Hbond substituents is 3. The van der Waals surface area contributed by atoms with E-state index in [0.717, 1.165) is 13.2 Å². The fourth-order valence-corrected chi connectivity index (χ4v) is 6.42. The van der Waals surface area contributed by atoms with Crippen LogP contribution in [0.3, 0.4) is 0 Å². The molecule has 1 atom stereocenters. The number of ketones is 4. The monoisotopic (exact) mass is 592 g/mol. The molecule has 0 aliphatic heterocycles. The number of methoxy groups -OCH3 is 1. The molecule has 214 valence electrons. The molecule has 4 N–H and O–H groups in total. The van der Waals surface area contributed by atoms with E-state index in [1.54, 1.807) is 13.8 Å². The molecule has 1 heterocycles. The molecule has 3 aliphatic carbocycles. The second-order valence-electron chi connectivity index (χ2n) is 10.4. The quantitative estimate of drug-likeness (QED) is 0.151. The van der Waals surface area contributed by atoms with Crippen LogP contribution in [0.2, 0.25) is 5.02 Å². The second-order valence-corrected chi connectivity index (χ2v) is 10.8. The number of hydrogen-bond acceptors (Lipinski definition) is 11. The summed E-state index contributed by atoms with van der Waals surface area (Å²) >= 11 is 6.72. The van der Waals surface area contributed by atoms with Gasteiger partial charge in [-0.15, -0.1) is 0 Å². The van der Waals surface area contributed by atoms with Gasteiger partial charge in [0, 0.05) is 17.0 Å². The molecule has 0 saturated heterocycles. The maximum absolute atomic E-state index is 14.1. The molecule has 0 bridgehead atoms. The molecular formula is C29H21ClN2O10. The van der Waals surface area contributed by atoms with Crippen LogP contribution in [0.25, 0.3) is 10.8 Å². The number of rotatable bonds is 4. The molecule has 3 aliphatic rings. The van der Waals surface area contributed by atoms with Crippen molar-refractivity contribution in [1.82, 2.24) is 4.98 Å². The van der Waals surface area contributed by atoms with Crippen LogP contribution < -0.4 is 5.56 Å². The summed E-state index contributed by atoms with van der Waals surface area (Å²) < 4.78 is 4.90. The van der Waals surface area contributed by atoms with Crippen molar-refractivity contribution < 1.29 is 44.1 Å². The molecule has 0 radical (unpaired) electrons. The summed E-state index contributed by atoms with van der Waals surface area (Å²) in [4.78, 5) is 74.7. The number of hydrogen-bond donors (Lipinski definition) is 4. The zero-order chi connectivity index (χ0) is 30.4. The number of pyridine rings is 1. The number of carbonyl (C=O) groups is 4. The van der Waals surface area contributed by atoms with E-state index < -0.39 is 79.4 Å². The van der Waals surface area contributed by atoms with Crippen molar-refractivity contribution in [2.24, 2.45) is 5.16 Å². The largest absolute Gasteiger partial charge is 0.507 e. The van der Waals surface area contributed by atoms with Gasteiger partial charge in [-0.05, 0) is 38.3 Å². The molecule has 0 saturated carbocycles. The molecule has 0 unspecified atom stereocenters. The Morgan fingerprint density at radius 1 is 1.00 bits per heavy atom. The van der Waals surface area contributed by atoms with Gasteiger partial charge in [0.05, 0.1) is 51.7 Å². The van der Waals surface area contributed by atoms with Crippen LogP contribution in [0, 0.1) is 0 Å². The third kappa shape index (κ3) is 3.29.